The van der Waals surface area contributed by atoms with Gasteiger partial charge >= 0.3 is 0 Å². The lowest BCUT2D eigenvalue weighted by Gasteiger charge is -2.34. The Bertz CT molecular complexity index is 415. The molecule has 0 aliphatic carbocycles. The van der Waals surface area contributed by atoms with Crippen molar-refractivity contribution in [1.29, 1.82) is 0 Å². The molecule has 0 radical (unpaired) electrons. The molecule has 2 atom stereocenters. The van der Waals surface area contributed by atoms with Gasteiger partial charge in [-0.15, -0.1) is 0 Å². The number of hydrogen-bond donors (Lipinski definition) is 1. The van der Waals surface area contributed by atoms with E-state index in [1.165, 1.54) is 10.6 Å². The van der Waals surface area contributed by atoms with Crippen LogP contribution < -0.4 is 5.73 Å². The minimum Gasteiger partial charge on any atom is -0.340 e. The van der Waals surface area contributed by atoms with E-state index >= 15 is 0 Å². The molecular formula is C13H27N3O3S. The van der Waals surface area contributed by atoms with E-state index in [2.05, 4.69) is 0 Å². The highest BCUT2D eigenvalue weighted by Gasteiger charge is 2.27. The Morgan fingerprint density at radius 1 is 1.15 bits per heavy atom. The van der Waals surface area contributed by atoms with Gasteiger partial charge in [0.05, 0.1) is 6.26 Å². The predicted molar refractivity (Wildman–Crippen MR) is 79.7 cm³/mol. The summed E-state index contributed by atoms with van der Waals surface area (Å²) in [6.45, 7) is 5.69. The fourth-order valence-corrected chi connectivity index (χ4v) is 3.25. The molecule has 0 saturated carbocycles. The molecule has 0 bridgehead atoms. The Kier molecular flexibility index (Phi) is 6.42. The maximum atomic E-state index is 12.3. The van der Waals surface area contributed by atoms with Gasteiger partial charge in [0, 0.05) is 38.1 Å². The highest BCUT2D eigenvalue weighted by Crippen LogP contribution is 2.15. The number of hydrogen-bond acceptors (Lipinski definition) is 4. The predicted octanol–water partition coefficient (Wildman–Crippen LogP) is 0.244. The summed E-state index contributed by atoms with van der Waals surface area (Å²) in [5.41, 5.74) is 5.70. The summed E-state index contributed by atoms with van der Waals surface area (Å²) in [4.78, 5) is 14.0. The van der Waals surface area contributed by atoms with Crippen molar-refractivity contribution in [1.82, 2.24) is 9.21 Å². The Balaban J connectivity index is 2.38. The first-order chi connectivity index (χ1) is 9.21. The van der Waals surface area contributed by atoms with E-state index in [9.17, 15) is 13.2 Å². The molecule has 0 aromatic heterocycles. The van der Waals surface area contributed by atoms with Crippen molar-refractivity contribution in [2.24, 2.45) is 11.7 Å². The highest BCUT2D eigenvalue weighted by atomic mass is 32.2. The summed E-state index contributed by atoms with van der Waals surface area (Å²) in [7, 11) is -3.14. The van der Waals surface area contributed by atoms with E-state index < -0.39 is 10.0 Å². The molecule has 6 nitrogen and oxygen atoms in total. The lowest BCUT2D eigenvalue weighted by molar-refractivity contribution is -0.136. The average molecular weight is 305 g/mol. The second-order valence-corrected chi connectivity index (χ2v) is 7.78. The molecule has 2 N–H and O–H groups in total. The second-order valence-electron chi connectivity index (χ2n) is 5.80. The number of sulfonamides is 1. The quantitative estimate of drug-likeness (QED) is 0.762. The third kappa shape index (κ3) is 5.38. The first kappa shape index (κ1) is 17.4. The zero-order valence-electron chi connectivity index (χ0n) is 12.7. The summed E-state index contributed by atoms with van der Waals surface area (Å²) in [6.07, 6.45) is 3.93. The molecule has 2 unspecified atom stereocenters. The molecule has 1 fully saturated rings. The SMILES string of the molecule is CC(N)CCCC(C)C(=O)N1CCN(S(C)(=O)=O)CC1. The Hall–Kier alpha value is -0.660. The van der Waals surface area contributed by atoms with E-state index in [4.69, 9.17) is 5.73 Å². The summed E-state index contributed by atoms with van der Waals surface area (Å²) in [5.74, 6) is 0.112. The lowest BCUT2D eigenvalue weighted by Crippen LogP contribution is -2.51. The van der Waals surface area contributed by atoms with E-state index in [-0.39, 0.29) is 17.9 Å². The van der Waals surface area contributed by atoms with Gasteiger partial charge in [-0.3, -0.25) is 4.79 Å². The fraction of sp³-hybridized carbons (Fsp3) is 0.923. The van der Waals surface area contributed by atoms with Gasteiger partial charge in [-0.05, 0) is 19.8 Å². The van der Waals surface area contributed by atoms with Crippen molar-refractivity contribution in [3.8, 4) is 0 Å². The molecular weight excluding hydrogens is 278 g/mol. The standard InChI is InChI=1S/C13H27N3O3S/c1-11(5-4-6-12(2)14)13(17)15-7-9-16(10-8-15)20(3,18)19/h11-12H,4-10,14H2,1-3H3. The highest BCUT2D eigenvalue weighted by molar-refractivity contribution is 7.88. The average Bonchev–Trinajstić information content (AvgIpc) is 2.36. The van der Waals surface area contributed by atoms with Crippen LogP contribution in [0.2, 0.25) is 0 Å². The Morgan fingerprint density at radius 2 is 1.70 bits per heavy atom. The van der Waals surface area contributed by atoms with Crippen LogP contribution in [0.3, 0.4) is 0 Å². The summed E-state index contributed by atoms with van der Waals surface area (Å²) in [6, 6.07) is 0.176. The van der Waals surface area contributed by atoms with Crippen LogP contribution in [-0.4, -0.2) is 62.0 Å². The molecule has 1 amide bonds. The molecule has 20 heavy (non-hydrogen) atoms. The summed E-state index contributed by atoms with van der Waals surface area (Å²) < 4.78 is 24.3. The molecule has 1 aliphatic rings. The van der Waals surface area contributed by atoms with Crippen LogP contribution in [0.1, 0.15) is 33.1 Å². The topological polar surface area (TPSA) is 83.7 Å². The zero-order valence-corrected chi connectivity index (χ0v) is 13.5. The third-order valence-electron chi connectivity index (χ3n) is 3.74. The Morgan fingerprint density at radius 3 is 2.15 bits per heavy atom. The van der Waals surface area contributed by atoms with Crippen molar-refractivity contribution >= 4 is 15.9 Å². The van der Waals surface area contributed by atoms with Gasteiger partial charge in [0.15, 0.2) is 0 Å². The van der Waals surface area contributed by atoms with Crippen LogP contribution in [0, 0.1) is 5.92 Å². The summed E-state index contributed by atoms with van der Waals surface area (Å²) >= 11 is 0. The monoisotopic (exact) mass is 305 g/mol. The number of nitrogens with zero attached hydrogens (tertiary/aromatic N) is 2. The van der Waals surface area contributed by atoms with Crippen LogP contribution in [0.15, 0.2) is 0 Å². The van der Waals surface area contributed by atoms with Gasteiger partial charge in [0.1, 0.15) is 0 Å². The lowest BCUT2D eigenvalue weighted by atomic mass is 10.0. The normalized spacial score (nSPS) is 20.7. The number of rotatable bonds is 6. The number of piperazine rings is 1. The van der Waals surface area contributed by atoms with E-state index in [0.717, 1.165) is 19.3 Å². The number of carbonyl (C=O) groups is 1. The molecule has 1 rings (SSSR count). The maximum absolute atomic E-state index is 12.3. The van der Waals surface area contributed by atoms with Crippen molar-refractivity contribution in [3.05, 3.63) is 0 Å². The van der Waals surface area contributed by atoms with Crippen molar-refractivity contribution in [2.75, 3.05) is 32.4 Å². The van der Waals surface area contributed by atoms with Gasteiger partial charge in [0.25, 0.3) is 0 Å². The first-order valence-electron chi connectivity index (χ1n) is 7.21. The van der Waals surface area contributed by atoms with Crippen LogP contribution in [-0.2, 0) is 14.8 Å². The fourth-order valence-electron chi connectivity index (χ4n) is 2.42. The molecule has 0 spiro atoms. The van der Waals surface area contributed by atoms with Crippen LogP contribution in [0.5, 0.6) is 0 Å². The molecule has 1 heterocycles. The molecule has 1 saturated heterocycles. The molecule has 7 heteroatoms. The molecule has 1 aliphatic heterocycles. The number of carbonyl (C=O) groups excluding carboxylic acids is 1. The van der Waals surface area contributed by atoms with Crippen molar-refractivity contribution in [2.45, 2.75) is 39.2 Å². The Labute approximate surface area is 122 Å². The number of amides is 1. The first-order valence-corrected chi connectivity index (χ1v) is 9.06. The van der Waals surface area contributed by atoms with Gasteiger partial charge in [-0.25, -0.2) is 8.42 Å². The number of nitrogens with two attached hydrogens (primary N) is 1. The van der Waals surface area contributed by atoms with Crippen LogP contribution in [0.25, 0.3) is 0 Å². The smallest absolute Gasteiger partial charge is 0.225 e. The minimum absolute atomic E-state index is 0.0152. The maximum Gasteiger partial charge on any atom is 0.225 e. The van der Waals surface area contributed by atoms with E-state index in [1.54, 1.807) is 4.90 Å². The van der Waals surface area contributed by atoms with Crippen molar-refractivity contribution < 1.29 is 13.2 Å². The minimum atomic E-state index is -3.14. The largest absolute Gasteiger partial charge is 0.340 e. The second kappa shape index (κ2) is 7.38. The van der Waals surface area contributed by atoms with E-state index in [0.29, 0.717) is 26.2 Å². The van der Waals surface area contributed by atoms with Gasteiger partial charge in [0.2, 0.25) is 15.9 Å². The van der Waals surface area contributed by atoms with Gasteiger partial charge in [-0.1, -0.05) is 13.3 Å². The van der Waals surface area contributed by atoms with Crippen LogP contribution >= 0.6 is 0 Å². The molecule has 0 aromatic rings. The van der Waals surface area contributed by atoms with Gasteiger partial charge in [-0.2, -0.15) is 4.31 Å². The molecule has 0 aromatic carbocycles. The van der Waals surface area contributed by atoms with E-state index in [1.807, 2.05) is 13.8 Å². The zero-order chi connectivity index (χ0) is 15.3. The third-order valence-corrected chi connectivity index (χ3v) is 5.04. The van der Waals surface area contributed by atoms with Gasteiger partial charge < -0.3 is 10.6 Å². The van der Waals surface area contributed by atoms with Crippen molar-refractivity contribution in [3.63, 3.8) is 0 Å². The molecule has 118 valence electrons. The van der Waals surface area contributed by atoms with Crippen LogP contribution in [0.4, 0.5) is 0 Å². The summed E-state index contributed by atoms with van der Waals surface area (Å²) in [5, 5.41) is 0.